The van der Waals surface area contributed by atoms with Crippen molar-refractivity contribution in [3.05, 3.63) is 0 Å². The molecule has 1 aliphatic carbocycles. The maximum absolute atomic E-state index is 12.0. The fraction of sp³-hybridized carbons (Fsp3) is 0.938. The highest BCUT2D eigenvalue weighted by Crippen LogP contribution is 2.24. The zero-order valence-corrected chi connectivity index (χ0v) is 12.9. The summed E-state index contributed by atoms with van der Waals surface area (Å²) in [6.45, 7) is 5.09. The molecule has 3 N–H and O–H groups in total. The van der Waals surface area contributed by atoms with Crippen LogP contribution in [0, 0.1) is 5.92 Å². The second-order valence-corrected chi connectivity index (χ2v) is 6.56. The van der Waals surface area contributed by atoms with Gasteiger partial charge in [-0.15, -0.1) is 0 Å². The van der Waals surface area contributed by atoms with Gasteiger partial charge in [0.15, 0.2) is 0 Å². The van der Waals surface area contributed by atoms with Gasteiger partial charge in [0.05, 0.1) is 0 Å². The maximum atomic E-state index is 12.0. The van der Waals surface area contributed by atoms with E-state index in [4.69, 9.17) is 5.73 Å². The number of hydrogen-bond donors (Lipinski definition) is 2. The van der Waals surface area contributed by atoms with E-state index in [0.29, 0.717) is 19.0 Å². The average molecular weight is 281 g/mol. The van der Waals surface area contributed by atoms with E-state index in [1.807, 2.05) is 0 Å². The molecule has 0 spiro atoms. The summed E-state index contributed by atoms with van der Waals surface area (Å²) in [4.78, 5) is 14.4. The zero-order chi connectivity index (χ0) is 14.4. The highest BCUT2D eigenvalue weighted by Gasteiger charge is 2.27. The molecule has 0 aromatic rings. The van der Waals surface area contributed by atoms with E-state index in [2.05, 4.69) is 17.1 Å². The summed E-state index contributed by atoms with van der Waals surface area (Å²) in [7, 11) is 0. The van der Waals surface area contributed by atoms with Crippen molar-refractivity contribution >= 4 is 5.91 Å². The third-order valence-corrected chi connectivity index (χ3v) is 4.73. The minimum absolute atomic E-state index is 0.192. The lowest BCUT2D eigenvalue weighted by molar-refractivity contribution is -0.122. The number of rotatable bonds is 7. The molecule has 1 saturated heterocycles. The average Bonchev–Trinajstić information content (AvgIpc) is 3.24. The summed E-state index contributed by atoms with van der Waals surface area (Å²) < 4.78 is 0. The van der Waals surface area contributed by atoms with E-state index in [9.17, 15) is 4.79 Å². The van der Waals surface area contributed by atoms with Crippen LogP contribution in [-0.2, 0) is 4.79 Å². The molecule has 4 nitrogen and oxygen atoms in total. The Morgan fingerprint density at radius 3 is 2.75 bits per heavy atom. The van der Waals surface area contributed by atoms with E-state index in [-0.39, 0.29) is 11.9 Å². The number of amides is 1. The molecule has 1 aliphatic heterocycles. The molecule has 1 heterocycles. The summed E-state index contributed by atoms with van der Waals surface area (Å²) in [5.74, 6) is 1.07. The SMILES string of the molecule is CCCC1CCCN(C(CN)CC(=O)NC2CC2)CC1. The van der Waals surface area contributed by atoms with Crippen LogP contribution in [0.1, 0.15) is 58.3 Å². The van der Waals surface area contributed by atoms with E-state index >= 15 is 0 Å². The van der Waals surface area contributed by atoms with Gasteiger partial charge in [0.1, 0.15) is 0 Å². The van der Waals surface area contributed by atoms with Gasteiger partial charge in [0.25, 0.3) is 0 Å². The Morgan fingerprint density at radius 2 is 2.10 bits per heavy atom. The van der Waals surface area contributed by atoms with Crippen LogP contribution in [0.2, 0.25) is 0 Å². The summed E-state index contributed by atoms with van der Waals surface area (Å²) in [5, 5.41) is 3.08. The smallest absolute Gasteiger partial charge is 0.221 e. The molecule has 2 atom stereocenters. The molecular weight excluding hydrogens is 250 g/mol. The number of carbonyl (C=O) groups excluding carboxylic acids is 1. The van der Waals surface area contributed by atoms with Crippen molar-refractivity contribution in [3.8, 4) is 0 Å². The number of nitrogens with one attached hydrogen (secondary N) is 1. The molecule has 2 aliphatic rings. The molecule has 1 amide bonds. The number of carbonyl (C=O) groups is 1. The first-order valence-corrected chi connectivity index (χ1v) is 8.46. The summed E-state index contributed by atoms with van der Waals surface area (Å²) in [6, 6.07) is 0.688. The molecular formula is C16H31N3O. The fourth-order valence-corrected chi connectivity index (χ4v) is 3.34. The van der Waals surface area contributed by atoms with Gasteiger partial charge in [0.2, 0.25) is 5.91 Å². The zero-order valence-electron chi connectivity index (χ0n) is 12.9. The van der Waals surface area contributed by atoms with Crippen molar-refractivity contribution in [2.24, 2.45) is 11.7 Å². The van der Waals surface area contributed by atoms with E-state index in [0.717, 1.165) is 31.8 Å². The molecule has 2 rings (SSSR count). The van der Waals surface area contributed by atoms with Crippen molar-refractivity contribution in [2.45, 2.75) is 70.4 Å². The molecule has 1 saturated carbocycles. The van der Waals surface area contributed by atoms with Crippen LogP contribution in [0.15, 0.2) is 0 Å². The third kappa shape index (κ3) is 5.06. The van der Waals surface area contributed by atoms with Crippen molar-refractivity contribution in [1.29, 1.82) is 0 Å². The van der Waals surface area contributed by atoms with E-state index in [1.165, 1.54) is 32.1 Å². The minimum atomic E-state index is 0.192. The van der Waals surface area contributed by atoms with Crippen LogP contribution in [0.25, 0.3) is 0 Å². The van der Waals surface area contributed by atoms with Crippen LogP contribution in [0.5, 0.6) is 0 Å². The van der Waals surface area contributed by atoms with Crippen LogP contribution in [-0.4, -0.2) is 42.5 Å². The monoisotopic (exact) mass is 281 g/mol. The summed E-state index contributed by atoms with van der Waals surface area (Å²) in [6.07, 6.45) is 9.39. The van der Waals surface area contributed by atoms with Crippen molar-refractivity contribution in [2.75, 3.05) is 19.6 Å². The highest BCUT2D eigenvalue weighted by molar-refractivity contribution is 5.77. The van der Waals surface area contributed by atoms with Crippen LogP contribution in [0.4, 0.5) is 0 Å². The van der Waals surface area contributed by atoms with Crippen molar-refractivity contribution in [3.63, 3.8) is 0 Å². The first kappa shape index (κ1) is 15.8. The quantitative estimate of drug-likeness (QED) is 0.749. The lowest BCUT2D eigenvalue weighted by Gasteiger charge is -2.29. The number of hydrogen-bond acceptors (Lipinski definition) is 3. The van der Waals surface area contributed by atoms with Crippen LogP contribution in [0.3, 0.4) is 0 Å². The Labute approximate surface area is 123 Å². The van der Waals surface area contributed by atoms with Crippen molar-refractivity contribution in [1.82, 2.24) is 10.2 Å². The topological polar surface area (TPSA) is 58.4 Å². The van der Waals surface area contributed by atoms with Crippen LogP contribution < -0.4 is 11.1 Å². The largest absolute Gasteiger partial charge is 0.353 e. The highest BCUT2D eigenvalue weighted by atomic mass is 16.1. The molecule has 0 aromatic heterocycles. The molecule has 116 valence electrons. The van der Waals surface area contributed by atoms with E-state index in [1.54, 1.807) is 0 Å². The molecule has 2 unspecified atom stereocenters. The third-order valence-electron chi connectivity index (χ3n) is 4.73. The molecule has 4 heteroatoms. The maximum Gasteiger partial charge on any atom is 0.221 e. The van der Waals surface area contributed by atoms with Crippen molar-refractivity contribution < 1.29 is 4.79 Å². The van der Waals surface area contributed by atoms with Gasteiger partial charge >= 0.3 is 0 Å². The number of likely N-dealkylation sites (tertiary alicyclic amines) is 1. The van der Waals surface area contributed by atoms with Gasteiger partial charge in [0, 0.05) is 25.0 Å². The Bertz CT molecular complexity index is 304. The molecule has 0 bridgehead atoms. The lowest BCUT2D eigenvalue weighted by atomic mass is 9.96. The minimum Gasteiger partial charge on any atom is -0.353 e. The normalized spacial score (nSPS) is 26.0. The van der Waals surface area contributed by atoms with Gasteiger partial charge in [-0.2, -0.15) is 0 Å². The second-order valence-electron chi connectivity index (χ2n) is 6.56. The first-order chi connectivity index (χ1) is 9.72. The first-order valence-electron chi connectivity index (χ1n) is 8.46. The Balaban J connectivity index is 1.78. The summed E-state index contributed by atoms with van der Waals surface area (Å²) in [5.41, 5.74) is 5.92. The standard InChI is InChI=1S/C16H31N3O/c1-2-4-13-5-3-9-19(10-8-13)15(12-17)11-16(20)18-14-6-7-14/h13-15H,2-12,17H2,1H3,(H,18,20). The molecule has 20 heavy (non-hydrogen) atoms. The van der Waals surface area contributed by atoms with Gasteiger partial charge in [-0.05, 0) is 51.1 Å². The van der Waals surface area contributed by atoms with Gasteiger partial charge in [-0.25, -0.2) is 0 Å². The molecule has 0 aromatic carbocycles. The Kier molecular flexibility index (Phi) is 6.30. The van der Waals surface area contributed by atoms with Gasteiger partial charge in [-0.3, -0.25) is 9.69 Å². The predicted molar refractivity (Wildman–Crippen MR) is 82.4 cm³/mol. The fourth-order valence-electron chi connectivity index (χ4n) is 3.34. The summed E-state index contributed by atoms with van der Waals surface area (Å²) >= 11 is 0. The Morgan fingerprint density at radius 1 is 1.30 bits per heavy atom. The molecule has 0 radical (unpaired) electrons. The van der Waals surface area contributed by atoms with Gasteiger partial charge < -0.3 is 11.1 Å². The predicted octanol–water partition coefficient (Wildman–Crippen LogP) is 1.88. The van der Waals surface area contributed by atoms with E-state index < -0.39 is 0 Å². The second kappa shape index (κ2) is 7.99. The van der Waals surface area contributed by atoms with Crippen LogP contribution >= 0.6 is 0 Å². The van der Waals surface area contributed by atoms with Gasteiger partial charge in [-0.1, -0.05) is 19.8 Å². The molecule has 2 fully saturated rings. The number of nitrogens with zero attached hydrogens (tertiary/aromatic N) is 1. The lowest BCUT2D eigenvalue weighted by Crippen LogP contribution is -2.44. The number of nitrogens with two attached hydrogens (primary N) is 1. The Hall–Kier alpha value is -0.610.